The van der Waals surface area contributed by atoms with Crippen molar-refractivity contribution in [3.8, 4) is 5.75 Å². The molecule has 6 rings (SSSR count). The standard InChI is InChI=1S/C23H20N6O5/c1-33-15-4-2-13-9-29(20(30)16(13)8-15)10-23(21(31)26-22(32)27-23)18-7-14-6-12(3-5-17(14)34-18)19-24-11-25-28-19/h2-8,11,14,17H,9-10H2,1H3,(H,24,25,28)(H2,26,27,31,32). The van der Waals surface area contributed by atoms with Gasteiger partial charge in [-0.15, -0.1) is 0 Å². The minimum Gasteiger partial charge on any atom is -0.497 e. The summed E-state index contributed by atoms with van der Waals surface area (Å²) < 4.78 is 11.4. The zero-order valence-corrected chi connectivity index (χ0v) is 18.1. The van der Waals surface area contributed by atoms with Crippen LogP contribution < -0.4 is 15.4 Å². The molecule has 4 aliphatic rings. The summed E-state index contributed by atoms with van der Waals surface area (Å²) in [5, 5.41) is 11.7. The van der Waals surface area contributed by atoms with Gasteiger partial charge >= 0.3 is 6.03 Å². The number of hydrogen-bond donors (Lipinski definition) is 3. The molecule has 11 heteroatoms. The van der Waals surface area contributed by atoms with Gasteiger partial charge in [0.2, 0.25) is 0 Å². The fourth-order valence-corrected chi connectivity index (χ4v) is 4.79. The van der Waals surface area contributed by atoms with Crippen molar-refractivity contribution in [1.82, 2.24) is 30.7 Å². The van der Waals surface area contributed by atoms with Crippen molar-refractivity contribution in [2.45, 2.75) is 18.2 Å². The van der Waals surface area contributed by atoms with Crippen molar-refractivity contribution < 1.29 is 23.9 Å². The summed E-state index contributed by atoms with van der Waals surface area (Å²) in [6, 6.07) is 4.65. The lowest BCUT2D eigenvalue weighted by Gasteiger charge is -2.31. The molecule has 1 saturated heterocycles. The van der Waals surface area contributed by atoms with E-state index in [1.165, 1.54) is 18.3 Å². The van der Waals surface area contributed by atoms with Crippen LogP contribution >= 0.6 is 0 Å². The second-order valence-electron chi connectivity index (χ2n) is 8.50. The molecule has 4 amide bonds. The average molecular weight is 460 g/mol. The summed E-state index contributed by atoms with van der Waals surface area (Å²) >= 11 is 0. The molecule has 2 aromatic rings. The van der Waals surface area contributed by atoms with Crippen molar-refractivity contribution in [2.75, 3.05) is 13.7 Å². The quantitative estimate of drug-likeness (QED) is 0.564. The number of urea groups is 1. The summed E-state index contributed by atoms with van der Waals surface area (Å²) in [5.41, 5.74) is 0.637. The van der Waals surface area contributed by atoms with E-state index in [0.29, 0.717) is 29.4 Å². The van der Waals surface area contributed by atoms with Crippen molar-refractivity contribution in [1.29, 1.82) is 0 Å². The van der Waals surface area contributed by atoms with E-state index < -0.39 is 17.5 Å². The van der Waals surface area contributed by atoms with Crippen LogP contribution in [0.4, 0.5) is 4.79 Å². The predicted molar refractivity (Wildman–Crippen MR) is 117 cm³/mol. The van der Waals surface area contributed by atoms with Gasteiger partial charge in [-0.1, -0.05) is 18.2 Å². The number of methoxy groups -OCH3 is 1. The predicted octanol–water partition coefficient (Wildman–Crippen LogP) is 0.900. The number of rotatable bonds is 5. The number of benzene rings is 1. The number of amides is 4. The molecule has 0 saturated carbocycles. The monoisotopic (exact) mass is 460 g/mol. The first-order valence-corrected chi connectivity index (χ1v) is 10.7. The van der Waals surface area contributed by atoms with Gasteiger partial charge in [0.1, 0.15) is 23.9 Å². The first-order valence-electron chi connectivity index (χ1n) is 10.7. The number of allylic oxidation sites excluding steroid dienone is 2. The summed E-state index contributed by atoms with van der Waals surface area (Å²) in [7, 11) is 1.53. The SMILES string of the molecule is COc1ccc2c(c1)C(=O)N(CC1(C3=CC4C=C(c5ncn[nH]5)C=CC4O3)NC(=O)NC1=O)C2. The maximum atomic E-state index is 13.2. The number of nitrogens with zero attached hydrogens (tertiary/aromatic N) is 3. The van der Waals surface area contributed by atoms with Gasteiger partial charge in [-0.3, -0.25) is 20.0 Å². The highest BCUT2D eigenvalue weighted by molar-refractivity contribution is 6.09. The lowest BCUT2D eigenvalue weighted by atomic mass is 9.91. The minimum absolute atomic E-state index is 0.0753. The smallest absolute Gasteiger partial charge is 0.322 e. The molecule has 34 heavy (non-hydrogen) atoms. The van der Waals surface area contributed by atoms with Crippen molar-refractivity contribution in [3.05, 3.63) is 71.5 Å². The molecule has 1 aliphatic carbocycles. The third-order valence-electron chi connectivity index (χ3n) is 6.50. The Morgan fingerprint density at radius 3 is 2.88 bits per heavy atom. The summed E-state index contributed by atoms with van der Waals surface area (Å²) in [5.74, 6) is 0.499. The van der Waals surface area contributed by atoms with Crippen LogP contribution in [0.5, 0.6) is 5.75 Å². The van der Waals surface area contributed by atoms with Gasteiger partial charge in [0.15, 0.2) is 11.4 Å². The molecule has 0 radical (unpaired) electrons. The van der Waals surface area contributed by atoms with E-state index in [2.05, 4.69) is 25.8 Å². The maximum Gasteiger partial charge on any atom is 0.322 e. The van der Waals surface area contributed by atoms with Gasteiger partial charge < -0.3 is 19.7 Å². The van der Waals surface area contributed by atoms with E-state index in [9.17, 15) is 14.4 Å². The number of carbonyl (C=O) groups excluding carboxylic acids is 3. The molecule has 0 bridgehead atoms. The third-order valence-corrected chi connectivity index (χ3v) is 6.50. The lowest BCUT2D eigenvalue weighted by Crippen LogP contribution is -2.57. The van der Waals surface area contributed by atoms with Gasteiger partial charge in [-0.2, -0.15) is 5.10 Å². The molecule has 1 aromatic carbocycles. The molecule has 1 fully saturated rings. The van der Waals surface area contributed by atoms with Crippen LogP contribution in [0, 0.1) is 5.92 Å². The summed E-state index contributed by atoms with van der Waals surface area (Å²) in [6.07, 6.45) is 8.59. The summed E-state index contributed by atoms with van der Waals surface area (Å²) in [6.45, 7) is 0.229. The number of aromatic nitrogens is 3. The highest BCUT2D eigenvalue weighted by atomic mass is 16.5. The molecule has 3 aliphatic heterocycles. The molecule has 3 atom stereocenters. The fourth-order valence-electron chi connectivity index (χ4n) is 4.79. The Bertz CT molecular complexity index is 1310. The van der Waals surface area contributed by atoms with Crippen LogP contribution in [-0.2, 0) is 16.1 Å². The van der Waals surface area contributed by atoms with Crippen LogP contribution in [0.1, 0.15) is 21.7 Å². The van der Waals surface area contributed by atoms with Gasteiger partial charge in [-0.05, 0) is 29.8 Å². The Balaban J connectivity index is 1.32. The molecular formula is C23H20N6O5. The van der Waals surface area contributed by atoms with E-state index in [-0.39, 0.29) is 24.5 Å². The normalized spacial score (nSPS) is 27.0. The van der Waals surface area contributed by atoms with E-state index >= 15 is 0 Å². The number of nitrogens with one attached hydrogen (secondary N) is 3. The highest BCUT2D eigenvalue weighted by Gasteiger charge is 2.55. The van der Waals surface area contributed by atoms with Crippen LogP contribution in [0.2, 0.25) is 0 Å². The Morgan fingerprint density at radius 2 is 2.15 bits per heavy atom. The molecule has 0 spiro atoms. The van der Waals surface area contributed by atoms with Gasteiger partial charge in [0.25, 0.3) is 11.8 Å². The van der Waals surface area contributed by atoms with Gasteiger partial charge in [0, 0.05) is 23.6 Å². The zero-order valence-electron chi connectivity index (χ0n) is 18.1. The topological polar surface area (TPSA) is 139 Å². The summed E-state index contributed by atoms with van der Waals surface area (Å²) in [4.78, 5) is 44.2. The largest absolute Gasteiger partial charge is 0.497 e. The van der Waals surface area contributed by atoms with E-state index in [4.69, 9.17) is 9.47 Å². The first-order chi connectivity index (χ1) is 16.5. The molecule has 3 unspecified atom stereocenters. The molecule has 4 heterocycles. The molecule has 1 aromatic heterocycles. The fraction of sp³-hybridized carbons (Fsp3) is 0.261. The van der Waals surface area contributed by atoms with E-state index in [0.717, 1.165) is 11.1 Å². The van der Waals surface area contributed by atoms with E-state index in [1.54, 1.807) is 12.1 Å². The van der Waals surface area contributed by atoms with Gasteiger partial charge in [-0.25, -0.2) is 9.78 Å². The first kappa shape index (κ1) is 20.2. The Kier molecular flexibility index (Phi) is 4.34. The average Bonchev–Trinajstić information content (AvgIpc) is 3.61. The van der Waals surface area contributed by atoms with E-state index in [1.807, 2.05) is 30.4 Å². The van der Waals surface area contributed by atoms with Crippen LogP contribution in [0.25, 0.3) is 5.57 Å². The zero-order chi connectivity index (χ0) is 23.4. The number of fused-ring (bicyclic) bond motifs is 2. The van der Waals surface area contributed by atoms with Crippen molar-refractivity contribution >= 4 is 23.4 Å². The third kappa shape index (κ3) is 3.00. The second-order valence-corrected chi connectivity index (χ2v) is 8.50. The molecule has 3 N–H and O–H groups in total. The number of H-pyrrole nitrogens is 1. The van der Waals surface area contributed by atoms with Crippen molar-refractivity contribution in [3.63, 3.8) is 0 Å². The molecule has 172 valence electrons. The van der Waals surface area contributed by atoms with Crippen LogP contribution in [-0.4, -0.2) is 63.2 Å². The minimum atomic E-state index is -1.54. The van der Waals surface area contributed by atoms with Crippen LogP contribution in [0.3, 0.4) is 0 Å². The number of carbonyl (C=O) groups is 3. The molecular weight excluding hydrogens is 440 g/mol. The Labute approximate surface area is 193 Å². The number of aromatic amines is 1. The Hall–Kier alpha value is -4.41. The number of ether oxygens (including phenoxy) is 2. The van der Waals surface area contributed by atoms with Crippen molar-refractivity contribution in [2.24, 2.45) is 5.92 Å². The van der Waals surface area contributed by atoms with Crippen LogP contribution in [0.15, 0.2) is 54.6 Å². The highest BCUT2D eigenvalue weighted by Crippen LogP contribution is 2.39. The number of imide groups is 1. The number of hydrogen-bond acceptors (Lipinski definition) is 7. The second kappa shape index (κ2) is 7.30. The molecule has 11 nitrogen and oxygen atoms in total. The lowest BCUT2D eigenvalue weighted by molar-refractivity contribution is -0.124. The van der Waals surface area contributed by atoms with Gasteiger partial charge in [0.05, 0.1) is 13.7 Å². The Morgan fingerprint density at radius 1 is 1.26 bits per heavy atom. The maximum absolute atomic E-state index is 13.2.